The first-order valence-corrected chi connectivity index (χ1v) is 8.34. The average molecular weight is 374 g/mol. The minimum atomic E-state index is -0.496. The van der Waals surface area contributed by atoms with Gasteiger partial charge in [0, 0.05) is 6.08 Å². The molecule has 0 fully saturated rings. The minimum absolute atomic E-state index is 0.311. The Morgan fingerprint density at radius 3 is 2.81 bits per heavy atom. The Morgan fingerprint density at radius 2 is 2.12 bits per heavy atom. The molecule has 136 valence electrons. The van der Waals surface area contributed by atoms with E-state index in [9.17, 15) is 9.59 Å². The first kappa shape index (κ1) is 19.2. The number of amides is 1. The van der Waals surface area contributed by atoms with E-state index in [1.165, 1.54) is 26.5 Å². The number of nitrogens with one attached hydrogen (secondary N) is 1. The molecular weight excluding hydrogens is 356 g/mol. The van der Waals surface area contributed by atoms with E-state index in [1.54, 1.807) is 30.4 Å². The van der Waals surface area contributed by atoms with Crippen LogP contribution in [0.3, 0.4) is 0 Å². The van der Waals surface area contributed by atoms with Gasteiger partial charge in [0.1, 0.15) is 11.5 Å². The number of aromatic nitrogens is 1. The summed E-state index contributed by atoms with van der Waals surface area (Å²) >= 11 is 1.04. The van der Waals surface area contributed by atoms with Crippen molar-refractivity contribution in [1.29, 1.82) is 0 Å². The summed E-state index contributed by atoms with van der Waals surface area (Å²) in [5, 5.41) is 2.90. The topological polar surface area (TPSA) is 86.8 Å². The number of benzene rings is 1. The van der Waals surface area contributed by atoms with Crippen LogP contribution >= 0.6 is 11.3 Å². The standard InChI is InChI=1S/C18H18N2O5S/c1-4-9-25-13-7-5-12(10-14(13)23-2)6-8-16(21)20-18-19-11-15(26-18)17(22)24-3/h4-8,10-11H,1,9H2,2-3H3,(H,19,20,21)/b8-6+. The fraction of sp³-hybridized carbons (Fsp3) is 0.167. The third-order valence-electron chi connectivity index (χ3n) is 3.09. The van der Waals surface area contributed by atoms with Crippen LogP contribution in [0.4, 0.5) is 5.13 Å². The number of thiazole rings is 1. The zero-order valence-electron chi connectivity index (χ0n) is 14.4. The molecule has 0 aliphatic rings. The van der Waals surface area contributed by atoms with E-state index >= 15 is 0 Å². The van der Waals surface area contributed by atoms with Gasteiger partial charge >= 0.3 is 5.97 Å². The Kier molecular flexibility index (Phi) is 6.92. The maximum Gasteiger partial charge on any atom is 0.349 e. The van der Waals surface area contributed by atoms with Crippen LogP contribution in [-0.4, -0.2) is 37.7 Å². The molecule has 7 nitrogen and oxygen atoms in total. The highest BCUT2D eigenvalue weighted by Gasteiger charge is 2.11. The van der Waals surface area contributed by atoms with E-state index in [1.807, 2.05) is 0 Å². The monoisotopic (exact) mass is 374 g/mol. The number of hydrogen-bond donors (Lipinski definition) is 1. The van der Waals surface area contributed by atoms with Crippen molar-refractivity contribution >= 4 is 34.4 Å². The molecule has 0 aliphatic heterocycles. The van der Waals surface area contributed by atoms with Crippen molar-refractivity contribution < 1.29 is 23.8 Å². The number of carbonyl (C=O) groups excluding carboxylic acids is 2. The zero-order valence-corrected chi connectivity index (χ0v) is 15.2. The molecule has 0 unspecified atom stereocenters. The first-order chi connectivity index (χ1) is 12.6. The van der Waals surface area contributed by atoms with Gasteiger partial charge < -0.3 is 14.2 Å². The summed E-state index contributed by atoms with van der Waals surface area (Å²) in [5.74, 6) is 0.273. The van der Waals surface area contributed by atoms with Crippen LogP contribution in [0.2, 0.25) is 0 Å². The van der Waals surface area contributed by atoms with Crippen molar-refractivity contribution in [2.24, 2.45) is 0 Å². The van der Waals surface area contributed by atoms with Gasteiger partial charge in [-0.05, 0) is 23.8 Å². The Bertz CT molecular complexity index is 829. The summed E-state index contributed by atoms with van der Waals surface area (Å²) in [4.78, 5) is 27.6. The van der Waals surface area contributed by atoms with Crippen LogP contribution < -0.4 is 14.8 Å². The van der Waals surface area contributed by atoms with Crippen molar-refractivity contribution in [3.05, 3.63) is 53.6 Å². The smallest absolute Gasteiger partial charge is 0.349 e. The normalized spacial score (nSPS) is 10.4. The molecule has 1 N–H and O–H groups in total. The molecule has 0 bridgehead atoms. The summed E-state index contributed by atoms with van der Waals surface area (Å²) in [6.45, 7) is 3.97. The van der Waals surface area contributed by atoms with E-state index in [0.29, 0.717) is 28.1 Å². The second-order valence-electron chi connectivity index (χ2n) is 4.85. The van der Waals surface area contributed by atoms with Crippen molar-refractivity contribution in [2.75, 3.05) is 26.1 Å². The van der Waals surface area contributed by atoms with Gasteiger partial charge in [0.25, 0.3) is 0 Å². The summed E-state index contributed by atoms with van der Waals surface area (Å²) in [5.41, 5.74) is 0.761. The minimum Gasteiger partial charge on any atom is -0.493 e. The molecule has 26 heavy (non-hydrogen) atoms. The summed E-state index contributed by atoms with van der Waals surface area (Å²) in [6.07, 6.45) is 5.98. The van der Waals surface area contributed by atoms with Crippen LogP contribution in [-0.2, 0) is 9.53 Å². The second kappa shape index (κ2) is 9.38. The van der Waals surface area contributed by atoms with Gasteiger partial charge in [-0.1, -0.05) is 30.1 Å². The molecular formula is C18H18N2O5S. The Morgan fingerprint density at radius 1 is 1.31 bits per heavy atom. The van der Waals surface area contributed by atoms with E-state index in [-0.39, 0.29) is 5.91 Å². The lowest BCUT2D eigenvalue weighted by Gasteiger charge is -2.09. The number of nitrogens with zero attached hydrogens (tertiary/aromatic N) is 1. The number of anilines is 1. The summed E-state index contributed by atoms with van der Waals surface area (Å²) in [6, 6.07) is 5.30. The highest BCUT2D eigenvalue weighted by Crippen LogP contribution is 2.28. The number of methoxy groups -OCH3 is 2. The lowest BCUT2D eigenvalue weighted by molar-refractivity contribution is -0.111. The molecule has 0 atom stereocenters. The molecule has 0 radical (unpaired) electrons. The highest BCUT2D eigenvalue weighted by atomic mass is 32.1. The molecule has 2 rings (SSSR count). The van der Waals surface area contributed by atoms with Crippen LogP contribution in [0.25, 0.3) is 6.08 Å². The van der Waals surface area contributed by atoms with Crippen LogP contribution in [0.5, 0.6) is 11.5 Å². The van der Waals surface area contributed by atoms with Crippen molar-refractivity contribution in [2.45, 2.75) is 0 Å². The van der Waals surface area contributed by atoms with Crippen LogP contribution in [0.15, 0.2) is 43.1 Å². The molecule has 1 amide bonds. The average Bonchev–Trinajstić information content (AvgIpc) is 3.12. The van der Waals surface area contributed by atoms with Gasteiger partial charge in [0.15, 0.2) is 16.6 Å². The maximum absolute atomic E-state index is 12.0. The maximum atomic E-state index is 12.0. The Labute approximate surface area is 154 Å². The van der Waals surface area contributed by atoms with Gasteiger partial charge in [-0.2, -0.15) is 0 Å². The van der Waals surface area contributed by atoms with E-state index in [4.69, 9.17) is 9.47 Å². The van der Waals surface area contributed by atoms with Gasteiger partial charge in [-0.3, -0.25) is 10.1 Å². The fourth-order valence-corrected chi connectivity index (χ4v) is 2.64. The lowest BCUT2D eigenvalue weighted by Crippen LogP contribution is -2.07. The molecule has 0 saturated carbocycles. The fourth-order valence-electron chi connectivity index (χ4n) is 1.90. The van der Waals surface area contributed by atoms with Gasteiger partial charge in [-0.25, -0.2) is 9.78 Å². The largest absolute Gasteiger partial charge is 0.493 e. The molecule has 1 aromatic carbocycles. The Balaban J connectivity index is 2.02. The van der Waals surface area contributed by atoms with Crippen LogP contribution in [0, 0.1) is 0 Å². The second-order valence-corrected chi connectivity index (χ2v) is 5.88. The number of carbonyl (C=O) groups is 2. The molecule has 2 aromatic rings. The number of esters is 1. The SMILES string of the molecule is C=CCOc1ccc(/C=C/C(=O)Nc2ncc(C(=O)OC)s2)cc1OC. The molecule has 0 aliphatic carbocycles. The molecule has 8 heteroatoms. The van der Waals surface area contributed by atoms with E-state index in [0.717, 1.165) is 16.9 Å². The highest BCUT2D eigenvalue weighted by molar-refractivity contribution is 7.17. The number of hydrogen-bond acceptors (Lipinski definition) is 7. The van der Waals surface area contributed by atoms with Gasteiger partial charge in [-0.15, -0.1) is 0 Å². The third kappa shape index (κ3) is 5.18. The number of rotatable bonds is 8. The van der Waals surface area contributed by atoms with Crippen LogP contribution in [0.1, 0.15) is 15.2 Å². The molecule has 0 saturated heterocycles. The predicted octanol–water partition coefficient (Wildman–Crippen LogP) is 3.16. The van der Waals surface area contributed by atoms with Crippen molar-refractivity contribution in [1.82, 2.24) is 4.98 Å². The quantitative estimate of drug-likeness (QED) is 0.434. The zero-order chi connectivity index (χ0) is 18.9. The summed E-state index contributed by atoms with van der Waals surface area (Å²) < 4.78 is 15.3. The summed E-state index contributed by atoms with van der Waals surface area (Å²) in [7, 11) is 2.82. The molecule has 1 aromatic heterocycles. The van der Waals surface area contributed by atoms with Crippen molar-refractivity contribution in [3.8, 4) is 11.5 Å². The van der Waals surface area contributed by atoms with Gasteiger partial charge in [0.2, 0.25) is 5.91 Å². The van der Waals surface area contributed by atoms with Gasteiger partial charge in [0.05, 0.1) is 20.4 Å². The number of ether oxygens (including phenoxy) is 3. The predicted molar refractivity (Wildman–Crippen MR) is 99.8 cm³/mol. The molecule has 1 heterocycles. The van der Waals surface area contributed by atoms with E-state index in [2.05, 4.69) is 21.6 Å². The molecule has 0 spiro atoms. The lowest BCUT2D eigenvalue weighted by atomic mass is 10.2. The first-order valence-electron chi connectivity index (χ1n) is 7.52. The van der Waals surface area contributed by atoms with Crippen molar-refractivity contribution in [3.63, 3.8) is 0 Å². The Hall–Kier alpha value is -3.13. The third-order valence-corrected chi connectivity index (χ3v) is 3.99. The van der Waals surface area contributed by atoms with E-state index < -0.39 is 5.97 Å².